The summed E-state index contributed by atoms with van der Waals surface area (Å²) in [5.74, 6) is -3.61. The molecule has 0 aliphatic heterocycles. The van der Waals surface area contributed by atoms with E-state index >= 15 is 0 Å². The highest BCUT2D eigenvalue weighted by Crippen LogP contribution is 2.43. The maximum Gasteiger partial charge on any atom is 0.371 e. The number of anilines is 1. The molecule has 0 aliphatic carbocycles. The molecule has 138 valence electrons. The summed E-state index contributed by atoms with van der Waals surface area (Å²) in [7, 11) is -4.11. The van der Waals surface area contributed by atoms with Crippen LogP contribution in [-0.4, -0.2) is 30.4 Å². The topological polar surface area (TPSA) is 121 Å². The van der Waals surface area contributed by atoms with Crippen LogP contribution in [0.1, 0.15) is 10.4 Å². The Bertz CT molecular complexity index is 1030. The van der Waals surface area contributed by atoms with Crippen LogP contribution in [0.2, 0.25) is 8.67 Å². The number of carboxylic acids is 1. The first-order valence-corrected chi connectivity index (χ1v) is 10.3. The fourth-order valence-electron chi connectivity index (χ4n) is 1.78. The highest BCUT2D eigenvalue weighted by atomic mass is 79.9. The summed E-state index contributed by atoms with van der Waals surface area (Å²) in [6.45, 7) is 0. The SMILES string of the molecule is O=C(O)/C(O)=C/C(=O)c1cccc(NS(=O)(=O)c2c(Cl)sc(Cl)c2Br)c1. The third kappa shape index (κ3) is 4.57. The van der Waals surface area contributed by atoms with Crippen molar-refractivity contribution in [1.29, 1.82) is 0 Å². The summed E-state index contributed by atoms with van der Waals surface area (Å²) in [5.41, 5.74) is -0.00383. The van der Waals surface area contributed by atoms with Crippen molar-refractivity contribution in [2.24, 2.45) is 0 Å². The number of allylic oxidation sites excluding steroid dienone is 1. The second kappa shape index (κ2) is 7.97. The second-order valence-corrected chi connectivity index (χ2v) is 9.31. The van der Waals surface area contributed by atoms with Crippen LogP contribution in [0, 0.1) is 0 Å². The molecule has 1 aromatic heterocycles. The number of rotatable bonds is 6. The lowest BCUT2D eigenvalue weighted by molar-refractivity contribution is -0.135. The van der Waals surface area contributed by atoms with Crippen molar-refractivity contribution >= 4 is 77.9 Å². The minimum Gasteiger partial charge on any atom is -0.502 e. The number of hydrogen-bond acceptors (Lipinski definition) is 6. The number of thiophene rings is 1. The van der Waals surface area contributed by atoms with Gasteiger partial charge in [-0.1, -0.05) is 35.3 Å². The van der Waals surface area contributed by atoms with Gasteiger partial charge in [0.25, 0.3) is 10.0 Å². The van der Waals surface area contributed by atoms with Crippen LogP contribution in [0.5, 0.6) is 0 Å². The Balaban J connectivity index is 2.35. The van der Waals surface area contributed by atoms with Crippen LogP contribution >= 0.6 is 50.5 Å². The Hall–Kier alpha value is -1.59. The maximum absolute atomic E-state index is 12.5. The summed E-state index contributed by atoms with van der Waals surface area (Å²) in [6.07, 6.45) is 0.516. The van der Waals surface area contributed by atoms with Gasteiger partial charge in [0.2, 0.25) is 5.76 Å². The van der Waals surface area contributed by atoms with Gasteiger partial charge in [-0.3, -0.25) is 9.52 Å². The number of carbonyl (C=O) groups is 2. The van der Waals surface area contributed by atoms with Gasteiger partial charge >= 0.3 is 5.97 Å². The van der Waals surface area contributed by atoms with E-state index in [2.05, 4.69) is 20.7 Å². The molecule has 0 saturated heterocycles. The number of aliphatic hydroxyl groups is 1. The first-order valence-electron chi connectivity index (χ1n) is 6.47. The predicted molar refractivity (Wildman–Crippen MR) is 102 cm³/mol. The molecular formula is C14H8BrCl2NO6S2. The lowest BCUT2D eigenvalue weighted by Gasteiger charge is -2.09. The van der Waals surface area contributed by atoms with E-state index in [0.717, 1.165) is 11.3 Å². The van der Waals surface area contributed by atoms with E-state index in [1.807, 2.05) is 0 Å². The first kappa shape index (κ1) is 20.7. The van der Waals surface area contributed by atoms with E-state index in [1.54, 1.807) is 0 Å². The summed E-state index contributed by atoms with van der Waals surface area (Å²) < 4.78 is 27.5. The maximum atomic E-state index is 12.5. The van der Waals surface area contributed by atoms with Crippen LogP contribution < -0.4 is 4.72 Å². The van der Waals surface area contributed by atoms with E-state index in [0.29, 0.717) is 6.08 Å². The molecular weight excluding hydrogens is 493 g/mol. The monoisotopic (exact) mass is 499 g/mol. The lowest BCUT2D eigenvalue weighted by atomic mass is 10.1. The van der Waals surface area contributed by atoms with Gasteiger partial charge in [-0.2, -0.15) is 0 Å². The normalized spacial score (nSPS) is 12.0. The number of sulfonamides is 1. The number of ketones is 1. The zero-order valence-electron chi connectivity index (χ0n) is 12.4. The van der Waals surface area contributed by atoms with Crippen LogP contribution in [0.15, 0.2) is 45.5 Å². The minimum atomic E-state index is -4.11. The highest BCUT2D eigenvalue weighted by molar-refractivity contribution is 9.10. The zero-order valence-corrected chi connectivity index (χ0v) is 17.1. The lowest BCUT2D eigenvalue weighted by Crippen LogP contribution is -2.13. The van der Waals surface area contributed by atoms with Crippen molar-refractivity contribution in [3.63, 3.8) is 0 Å². The molecule has 0 aliphatic rings. The van der Waals surface area contributed by atoms with Gasteiger partial charge < -0.3 is 10.2 Å². The van der Waals surface area contributed by atoms with Crippen molar-refractivity contribution in [3.05, 3.63) is 54.8 Å². The summed E-state index contributed by atoms with van der Waals surface area (Å²) >= 11 is 15.7. The molecule has 12 heteroatoms. The number of hydrogen-bond donors (Lipinski definition) is 3. The van der Waals surface area contributed by atoms with Gasteiger partial charge in [0, 0.05) is 17.3 Å². The molecule has 3 N–H and O–H groups in total. The minimum absolute atomic E-state index is 0.0318. The van der Waals surface area contributed by atoms with Gasteiger partial charge in [-0.05, 0) is 28.1 Å². The van der Waals surface area contributed by atoms with Gasteiger partial charge in [0.15, 0.2) is 5.78 Å². The largest absolute Gasteiger partial charge is 0.502 e. The Morgan fingerprint density at radius 2 is 1.85 bits per heavy atom. The molecule has 26 heavy (non-hydrogen) atoms. The molecule has 0 radical (unpaired) electrons. The Morgan fingerprint density at radius 1 is 1.19 bits per heavy atom. The fourth-order valence-corrected chi connectivity index (χ4v) is 6.39. The molecule has 0 amide bonds. The summed E-state index contributed by atoms with van der Waals surface area (Å²) in [5, 5.41) is 17.7. The molecule has 1 aromatic carbocycles. The van der Waals surface area contributed by atoms with E-state index in [9.17, 15) is 18.0 Å². The van der Waals surface area contributed by atoms with Gasteiger partial charge in [0.1, 0.15) is 13.6 Å². The molecule has 0 unspecified atom stereocenters. The van der Waals surface area contributed by atoms with Crippen molar-refractivity contribution in [1.82, 2.24) is 0 Å². The molecule has 0 spiro atoms. The molecule has 2 rings (SSSR count). The van der Waals surface area contributed by atoms with Gasteiger partial charge in [-0.25, -0.2) is 13.2 Å². The van der Waals surface area contributed by atoms with E-state index in [-0.39, 0.29) is 29.3 Å². The molecule has 0 fully saturated rings. The Morgan fingerprint density at radius 3 is 2.38 bits per heavy atom. The summed E-state index contributed by atoms with van der Waals surface area (Å²) in [4.78, 5) is 22.3. The molecule has 0 saturated carbocycles. The molecule has 0 atom stereocenters. The molecule has 7 nitrogen and oxygen atoms in total. The van der Waals surface area contributed by atoms with Crippen LogP contribution in [0.3, 0.4) is 0 Å². The number of halogens is 3. The van der Waals surface area contributed by atoms with Gasteiger partial charge in [-0.15, -0.1) is 11.3 Å². The van der Waals surface area contributed by atoms with Crippen molar-refractivity contribution in [3.8, 4) is 0 Å². The standard InChI is InChI=1S/C14H8BrCl2NO6S2/c15-10-11(13(17)25-12(10)16)26(23,24)18-7-3-1-2-6(4-7)8(19)5-9(20)14(21)22/h1-5,18,20H,(H,21,22)/b9-5-. The number of aliphatic carboxylic acids is 1. The number of carbonyl (C=O) groups excluding carboxylic acids is 1. The van der Waals surface area contributed by atoms with Crippen LogP contribution in [0.4, 0.5) is 5.69 Å². The Kier molecular flexibility index (Phi) is 6.35. The van der Waals surface area contributed by atoms with E-state index in [1.165, 1.54) is 24.3 Å². The second-order valence-electron chi connectivity index (χ2n) is 4.68. The van der Waals surface area contributed by atoms with Crippen molar-refractivity contribution < 1.29 is 28.2 Å². The molecule has 1 heterocycles. The third-order valence-corrected chi connectivity index (χ3v) is 7.73. The van der Waals surface area contributed by atoms with Crippen LogP contribution in [0.25, 0.3) is 0 Å². The van der Waals surface area contributed by atoms with Crippen molar-refractivity contribution in [2.75, 3.05) is 4.72 Å². The number of carboxylic acid groups (broad SMARTS) is 1. The quantitative estimate of drug-likeness (QED) is 0.308. The van der Waals surface area contributed by atoms with Gasteiger partial charge in [0.05, 0.1) is 4.47 Å². The molecule has 0 bridgehead atoms. The zero-order chi connectivity index (χ0) is 19.6. The fraction of sp³-hybridized carbons (Fsp3) is 0. The van der Waals surface area contributed by atoms with E-state index < -0.39 is 27.5 Å². The number of nitrogens with one attached hydrogen (secondary N) is 1. The molecule has 2 aromatic rings. The summed E-state index contributed by atoms with van der Waals surface area (Å²) in [6, 6.07) is 5.27. The van der Waals surface area contributed by atoms with Crippen molar-refractivity contribution in [2.45, 2.75) is 4.90 Å². The first-order chi connectivity index (χ1) is 12.0. The Labute approximate surface area is 170 Å². The number of aliphatic hydroxyl groups excluding tert-OH is 1. The average molecular weight is 501 g/mol. The smallest absolute Gasteiger partial charge is 0.371 e. The van der Waals surface area contributed by atoms with Crippen LogP contribution in [-0.2, 0) is 14.8 Å². The predicted octanol–water partition coefficient (Wildman–Crippen LogP) is 4.33. The third-order valence-electron chi connectivity index (χ3n) is 2.88. The highest BCUT2D eigenvalue weighted by Gasteiger charge is 2.26. The number of benzene rings is 1. The average Bonchev–Trinajstić information content (AvgIpc) is 2.80. The van der Waals surface area contributed by atoms with E-state index in [4.69, 9.17) is 33.4 Å².